The highest BCUT2D eigenvalue weighted by molar-refractivity contribution is 6.42. The third-order valence-corrected chi connectivity index (χ3v) is 5.42. The van der Waals surface area contributed by atoms with E-state index in [0.29, 0.717) is 35.1 Å². The van der Waals surface area contributed by atoms with E-state index in [-0.39, 0.29) is 11.9 Å². The normalized spacial score (nSPS) is 25.3. The minimum absolute atomic E-state index is 0.161. The van der Waals surface area contributed by atoms with Gasteiger partial charge in [0.15, 0.2) is 0 Å². The highest BCUT2D eigenvalue weighted by atomic mass is 35.5. The fourth-order valence-corrected chi connectivity index (χ4v) is 3.83. The molecule has 2 aliphatic rings. The van der Waals surface area contributed by atoms with Gasteiger partial charge in [0.1, 0.15) is 5.54 Å². The zero-order valence-electron chi connectivity index (χ0n) is 12.9. The third-order valence-electron chi connectivity index (χ3n) is 4.68. The van der Waals surface area contributed by atoms with Crippen LogP contribution in [-0.4, -0.2) is 42.0 Å². The van der Waals surface area contributed by atoms with Crippen LogP contribution in [0, 0.1) is 0 Å². The molecular weight excluding hydrogens is 337 g/mol. The molecule has 0 unspecified atom stereocenters. The Kier molecular flexibility index (Phi) is 4.54. The second-order valence-electron chi connectivity index (χ2n) is 5.90. The van der Waals surface area contributed by atoms with Crippen LogP contribution in [0.5, 0.6) is 0 Å². The van der Waals surface area contributed by atoms with Gasteiger partial charge in [-0.05, 0) is 57.5 Å². The van der Waals surface area contributed by atoms with Crippen molar-refractivity contribution in [3.63, 3.8) is 0 Å². The molecule has 2 saturated heterocycles. The van der Waals surface area contributed by atoms with Crippen molar-refractivity contribution >= 4 is 40.8 Å². The summed E-state index contributed by atoms with van der Waals surface area (Å²) in [5.74, 6) is -0.161. The van der Waals surface area contributed by atoms with Gasteiger partial charge >= 0.3 is 6.03 Å². The number of carbonyl (C=O) groups excluding carboxylic acids is 2. The topological polar surface area (TPSA) is 52.7 Å². The van der Waals surface area contributed by atoms with Gasteiger partial charge in [0.05, 0.1) is 15.7 Å². The van der Waals surface area contributed by atoms with E-state index in [2.05, 4.69) is 5.32 Å². The second kappa shape index (κ2) is 6.30. The monoisotopic (exact) mass is 355 g/mol. The predicted octanol–water partition coefficient (Wildman–Crippen LogP) is 3.29. The number of hydrogen-bond acceptors (Lipinski definition) is 3. The van der Waals surface area contributed by atoms with Crippen molar-refractivity contribution in [3.05, 3.63) is 28.2 Å². The third kappa shape index (κ3) is 2.61. The molecule has 0 aromatic heterocycles. The Bertz CT molecular complexity index is 642. The first kappa shape index (κ1) is 16.6. The summed E-state index contributed by atoms with van der Waals surface area (Å²) in [4.78, 5) is 29.0. The van der Waals surface area contributed by atoms with Crippen LogP contribution in [-0.2, 0) is 4.79 Å². The quantitative estimate of drug-likeness (QED) is 0.828. The Morgan fingerprint density at radius 2 is 1.96 bits per heavy atom. The van der Waals surface area contributed by atoms with E-state index in [1.807, 2.05) is 6.92 Å². The van der Waals surface area contributed by atoms with Crippen LogP contribution in [0.1, 0.15) is 26.2 Å². The lowest BCUT2D eigenvalue weighted by atomic mass is 9.88. The molecule has 23 heavy (non-hydrogen) atoms. The van der Waals surface area contributed by atoms with E-state index in [1.54, 1.807) is 23.1 Å². The van der Waals surface area contributed by atoms with Crippen LogP contribution in [0.15, 0.2) is 18.2 Å². The van der Waals surface area contributed by atoms with Crippen molar-refractivity contribution in [1.82, 2.24) is 10.2 Å². The largest absolute Gasteiger partial charge is 0.332 e. The minimum atomic E-state index is -0.749. The number of amides is 3. The Morgan fingerprint density at radius 3 is 2.65 bits per heavy atom. The number of nitrogens with one attached hydrogen (secondary N) is 1. The van der Waals surface area contributed by atoms with E-state index in [4.69, 9.17) is 23.2 Å². The predicted molar refractivity (Wildman–Crippen MR) is 91.2 cm³/mol. The van der Waals surface area contributed by atoms with Gasteiger partial charge in [-0.2, -0.15) is 0 Å². The molecule has 1 N–H and O–H groups in total. The summed E-state index contributed by atoms with van der Waals surface area (Å²) < 4.78 is 0. The smallest absolute Gasteiger partial charge is 0.317 e. The number of anilines is 1. The summed E-state index contributed by atoms with van der Waals surface area (Å²) in [6.45, 7) is 4.00. The first-order valence-electron chi connectivity index (χ1n) is 7.83. The molecule has 3 amide bonds. The number of likely N-dealkylation sites (N-methyl/N-ethyl adjacent to an activating group) is 1. The Hall–Kier alpha value is -1.30. The number of hydrogen-bond donors (Lipinski definition) is 1. The van der Waals surface area contributed by atoms with Crippen molar-refractivity contribution in [2.24, 2.45) is 0 Å². The standard InChI is InChI=1S/C16H19Cl2N3O2/c1-2-20-15(23)21(11-4-5-12(17)13(18)10-11)14(22)16(20)6-3-8-19-9-7-16/h4-5,10,19H,2-3,6-9H2,1H3/t16-/m0/s1. The number of halogens is 2. The van der Waals surface area contributed by atoms with Gasteiger partial charge in [-0.1, -0.05) is 23.2 Å². The molecule has 0 saturated carbocycles. The molecule has 1 aromatic carbocycles. The fourth-order valence-electron chi connectivity index (χ4n) is 3.54. The van der Waals surface area contributed by atoms with Gasteiger partial charge in [0.2, 0.25) is 0 Å². The van der Waals surface area contributed by atoms with Gasteiger partial charge in [-0.3, -0.25) is 4.79 Å². The summed E-state index contributed by atoms with van der Waals surface area (Å²) in [6.07, 6.45) is 2.17. The van der Waals surface area contributed by atoms with E-state index in [1.165, 1.54) is 4.90 Å². The first-order chi connectivity index (χ1) is 11.0. The SMILES string of the molecule is CCN1C(=O)N(c2ccc(Cl)c(Cl)c2)C(=O)[C@@]12CCCNCC2. The van der Waals surface area contributed by atoms with Crippen LogP contribution in [0.25, 0.3) is 0 Å². The van der Waals surface area contributed by atoms with Gasteiger partial charge in [-0.25, -0.2) is 9.69 Å². The lowest BCUT2D eigenvalue weighted by Gasteiger charge is -2.33. The summed E-state index contributed by atoms with van der Waals surface area (Å²) >= 11 is 12.0. The van der Waals surface area contributed by atoms with Gasteiger partial charge < -0.3 is 10.2 Å². The van der Waals surface area contributed by atoms with Crippen LogP contribution < -0.4 is 10.2 Å². The van der Waals surface area contributed by atoms with Gasteiger partial charge in [-0.15, -0.1) is 0 Å². The van der Waals surface area contributed by atoms with Crippen molar-refractivity contribution in [3.8, 4) is 0 Å². The zero-order valence-corrected chi connectivity index (χ0v) is 14.5. The second-order valence-corrected chi connectivity index (χ2v) is 6.72. The average Bonchev–Trinajstić information content (AvgIpc) is 2.70. The molecule has 2 heterocycles. The molecule has 0 radical (unpaired) electrons. The maximum Gasteiger partial charge on any atom is 0.332 e. The molecule has 1 spiro atoms. The van der Waals surface area contributed by atoms with Crippen LogP contribution >= 0.6 is 23.2 Å². The number of imide groups is 1. The molecule has 124 valence electrons. The lowest BCUT2D eigenvalue weighted by molar-refractivity contribution is -0.125. The first-order valence-corrected chi connectivity index (χ1v) is 8.59. The van der Waals surface area contributed by atoms with E-state index >= 15 is 0 Å². The number of urea groups is 1. The maximum absolute atomic E-state index is 13.2. The molecule has 3 rings (SSSR count). The number of nitrogens with zero attached hydrogens (tertiary/aromatic N) is 2. The minimum Gasteiger partial charge on any atom is -0.317 e. The summed E-state index contributed by atoms with van der Waals surface area (Å²) in [5.41, 5.74) is -0.275. The van der Waals surface area contributed by atoms with Gasteiger partial charge in [0, 0.05) is 6.54 Å². The Labute approximate surface area is 145 Å². The molecular formula is C16H19Cl2N3O2. The number of carbonyl (C=O) groups is 2. The average molecular weight is 356 g/mol. The molecule has 0 aliphatic carbocycles. The zero-order chi connectivity index (χ0) is 16.6. The van der Waals surface area contributed by atoms with Crippen molar-refractivity contribution < 1.29 is 9.59 Å². The molecule has 2 fully saturated rings. The Morgan fingerprint density at radius 1 is 1.17 bits per heavy atom. The van der Waals surface area contributed by atoms with Crippen molar-refractivity contribution in [2.45, 2.75) is 31.7 Å². The van der Waals surface area contributed by atoms with Crippen molar-refractivity contribution in [1.29, 1.82) is 0 Å². The van der Waals surface area contributed by atoms with Crippen LogP contribution in [0.3, 0.4) is 0 Å². The molecule has 1 aromatic rings. The lowest BCUT2D eigenvalue weighted by Crippen LogP contribution is -2.50. The number of benzene rings is 1. The molecule has 1 atom stereocenters. The van der Waals surface area contributed by atoms with E-state index in [9.17, 15) is 9.59 Å². The molecule has 0 bridgehead atoms. The highest BCUT2D eigenvalue weighted by Gasteiger charge is 2.56. The maximum atomic E-state index is 13.2. The fraction of sp³-hybridized carbons (Fsp3) is 0.500. The summed E-state index contributed by atoms with van der Waals surface area (Å²) in [6, 6.07) is 4.56. The van der Waals surface area contributed by atoms with Crippen LogP contribution in [0.2, 0.25) is 10.0 Å². The molecule has 5 nitrogen and oxygen atoms in total. The molecule has 7 heteroatoms. The van der Waals surface area contributed by atoms with Crippen LogP contribution in [0.4, 0.5) is 10.5 Å². The van der Waals surface area contributed by atoms with Gasteiger partial charge in [0.25, 0.3) is 5.91 Å². The summed E-state index contributed by atoms with van der Waals surface area (Å²) in [5, 5.41) is 4.03. The molecule has 2 aliphatic heterocycles. The van der Waals surface area contributed by atoms with Crippen molar-refractivity contribution in [2.75, 3.05) is 24.5 Å². The summed E-state index contributed by atoms with van der Waals surface area (Å²) in [7, 11) is 0. The Balaban J connectivity index is 2.03. The number of rotatable bonds is 2. The highest BCUT2D eigenvalue weighted by Crippen LogP contribution is 2.39. The van der Waals surface area contributed by atoms with E-state index in [0.717, 1.165) is 19.5 Å². The van der Waals surface area contributed by atoms with E-state index < -0.39 is 5.54 Å².